The summed E-state index contributed by atoms with van der Waals surface area (Å²) in [6.45, 7) is 2.05. The second-order valence-corrected chi connectivity index (χ2v) is 5.54. The van der Waals surface area contributed by atoms with E-state index in [-0.39, 0.29) is 0 Å². The smallest absolute Gasteiger partial charge is 0.239 e. The van der Waals surface area contributed by atoms with Crippen LogP contribution < -0.4 is 16.2 Å². The second kappa shape index (κ2) is 5.70. The third-order valence-electron chi connectivity index (χ3n) is 2.38. The van der Waals surface area contributed by atoms with Crippen molar-refractivity contribution < 1.29 is 0 Å². The van der Waals surface area contributed by atoms with Gasteiger partial charge in [-0.05, 0) is 28.1 Å². The van der Waals surface area contributed by atoms with Crippen molar-refractivity contribution in [1.29, 1.82) is 0 Å². The summed E-state index contributed by atoms with van der Waals surface area (Å²) < 4.78 is 0.915. The number of nitrogens with one attached hydrogen (secondary N) is 1. The summed E-state index contributed by atoms with van der Waals surface area (Å²) >= 11 is 5.47. The molecular weight excluding hydrogens is 290 g/mol. The molecule has 88 valence electrons. The van der Waals surface area contributed by atoms with Gasteiger partial charge in [0.15, 0.2) is 0 Å². The number of anilines is 2. The van der Waals surface area contributed by atoms with Gasteiger partial charge in [-0.15, -0.1) is 0 Å². The molecule has 0 radical (unpaired) electrons. The summed E-state index contributed by atoms with van der Waals surface area (Å²) in [4.78, 5) is 10.7. The topological polar surface area (TPSA) is 67.1 Å². The number of nitrogens with zero attached hydrogens (tertiary/aromatic N) is 3. The van der Waals surface area contributed by atoms with E-state index in [2.05, 4.69) is 36.2 Å². The Kier molecular flexibility index (Phi) is 4.25. The minimum absolute atomic E-state index is 0.454. The van der Waals surface area contributed by atoms with Crippen molar-refractivity contribution in [3.63, 3.8) is 0 Å². The number of nitrogen functional groups attached to an aromatic ring is 1. The van der Waals surface area contributed by atoms with E-state index in [9.17, 15) is 0 Å². The van der Waals surface area contributed by atoms with Crippen molar-refractivity contribution >= 4 is 39.5 Å². The molecule has 0 atom stereocenters. The zero-order valence-corrected chi connectivity index (χ0v) is 11.2. The highest BCUT2D eigenvalue weighted by Gasteiger charge is 2.15. The maximum absolute atomic E-state index is 5.32. The van der Waals surface area contributed by atoms with E-state index in [0.29, 0.717) is 5.95 Å². The van der Waals surface area contributed by atoms with Crippen molar-refractivity contribution in [3.05, 3.63) is 10.7 Å². The number of halogens is 1. The van der Waals surface area contributed by atoms with Gasteiger partial charge in [0.25, 0.3) is 0 Å². The van der Waals surface area contributed by atoms with Crippen molar-refractivity contribution in [2.75, 3.05) is 34.9 Å². The number of hydrogen-bond donors (Lipinski definition) is 2. The quantitative estimate of drug-likeness (QED) is 0.637. The highest BCUT2D eigenvalue weighted by molar-refractivity contribution is 9.10. The Morgan fingerprint density at radius 3 is 3.12 bits per heavy atom. The number of hydrogen-bond acceptors (Lipinski definition) is 6. The molecule has 3 N–H and O–H groups in total. The maximum Gasteiger partial charge on any atom is 0.239 e. The lowest BCUT2D eigenvalue weighted by molar-refractivity contribution is 0.796. The molecule has 2 rings (SSSR count). The fourth-order valence-corrected chi connectivity index (χ4v) is 2.94. The minimum atomic E-state index is 0.454. The van der Waals surface area contributed by atoms with Crippen LogP contribution in [0.15, 0.2) is 10.7 Å². The van der Waals surface area contributed by atoms with Gasteiger partial charge in [0.05, 0.1) is 4.47 Å². The first kappa shape index (κ1) is 11.9. The van der Waals surface area contributed by atoms with Crippen LogP contribution in [-0.2, 0) is 0 Å². The van der Waals surface area contributed by atoms with E-state index >= 15 is 0 Å². The Hall–Kier alpha value is -0.530. The molecule has 1 aromatic rings. The van der Waals surface area contributed by atoms with Crippen LogP contribution in [0.25, 0.3) is 0 Å². The molecular formula is C9H14BrN5S. The third kappa shape index (κ3) is 2.78. The number of thioether (sulfide) groups is 1. The van der Waals surface area contributed by atoms with E-state index in [4.69, 9.17) is 5.84 Å². The van der Waals surface area contributed by atoms with Crippen LogP contribution >= 0.6 is 27.7 Å². The van der Waals surface area contributed by atoms with E-state index < -0.39 is 0 Å². The predicted octanol–water partition coefficient (Wildman–Crippen LogP) is 1.47. The molecule has 0 spiro atoms. The fourth-order valence-electron chi connectivity index (χ4n) is 1.61. The lowest BCUT2D eigenvalue weighted by Gasteiger charge is -2.22. The SMILES string of the molecule is NNc1ncc(Br)c(N2CCCSCC2)n1. The van der Waals surface area contributed by atoms with Crippen LogP contribution in [0, 0.1) is 0 Å². The Labute approximate surface area is 107 Å². The predicted molar refractivity (Wildman–Crippen MR) is 71.7 cm³/mol. The molecule has 0 aromatic carbocycles. The molecule has 1 saturated heterocycles. The standard InChI is InChI=1S/C9H14BrN5S/c10-7-6-12-9(14-11)13-8(7)15-2-1-4-16-5-3-15/h6H,1-5,11H2,(H,12,13,14). The zero-order valence-electron chi connectivity index (χ0n) is 8.82. The van der Waals surface area contributed by atoms with Crippen LogP contribution in [0.3, 0.4) is 0 Å². The van der Waals surface area contributed by atoms with Gasteiger partial charge in [0.1, 0.15) is 5.82 Å². The molecule has 7 heteroatoms. The summed E-state index contributed by atoms with van der Waals surface area (Å²) in [6, 6.07) is 0. The van der Waals surface area contributed by atoms with E-state index in [1.807, 2.05) is 11.8 Å². The van der Waals surface area contributed by atoms with Crippen LogP contribution in [0.2, 0.25) is 0 Å². The molecule has 2 heterocycles. The summed E-state index contributed by atoms with van der Waals surface area (Å²) in [5.41, 5.74) is 2.47. The molecule has 0 saturated carbocycles. The van der Waals surface area contributed by atoms with Crippen LogP contribution in [0.4, 0.5) is 11.8 Å². The van der Waals surface area contributed by atoms with Gasteiger partial charge in [-0.1, -0.05) is 0 Å². The Morgan fingerprint density at radius 2 is 2.31 bits per heavy atom. The van der Waals surface area contributed by atoms with Crippen molar-refractivity contribution in [1.82, 2.24) is 9.97 Å². The molecule has 0 aliphatic carbocycles. The van der Waals surface area contributed by atoms with E-state index in [0.717, 1.165) is 29.1 Å². The van der Waals surface area contributed by atoms with Gasteiger partial charge < -0.3 is 4.90 Å². The molecule has 0 bridgehead atoms. The molecule has 1 aromatic heterocycles. The van der Waals surface area contributed by atoms with Gasteiger partial charge in [0.2, 0.25) is 5.95 Å². The van der Waals surface area contributed by atoms with Crippen molar-refractivity contribution in [2.45, 2.75) is 6.42 Å². The van der Waals surface area contributed by atoms with Crippen molar-refractivity contribution in [3.8, 4) is 0 Å². The fraction of sp³-hybridized carbons (Fsp3) is 0.556. The van der Waals surface area contributed by atoms with Gasteiger partial charge in [-0.3, -0.25) is 5.43 Å². The zero-order chi connectivity index (χ0) is 11.4. The first-order valence-corrected chi connectivity index (χ1v) is 7.08. The van der Waals surface area contributed by atoms with Gasteiger partial charge >= 0.3 is 0 Å². The average Bonchev–Trinajstić information content (AvgIpc) is 2.58. The van der Waals surface area contributed by atoms with Gasteiger partial charge in [-0.2, -0.15) is 16.7 Å². The first-order valence-electron chi connectivity index (χ1n) is 5.13. The molecule has 5 nitrogen and oxygen atoms in total. The Balaban J connectivity index is 2.22. The number of nitrogens with two attached hydrogens (primary N) is 1. The number of hydrazine groups is 1. The van der Waals surface area contributed by atoms with E-state index in [1.54, 1.807) is 6.20 Å². The van der Waals surface area contributed by atoms with Crippen LogP contribution in [-0.4, -0.2) is 34.6 Å². The molecule has 16 heavy (non-hydrogen) atoms. The summed E-state index contributed by atoms with van der Waals surface area (Å²) in [5.74, 6) is 9.06. The van der Waals surface area contributed by atoms with Crippen LogP contribution in [0.5, 0.6) is 0 Å². The average molecular weight is 304 g/mol. The van der Waals surface area contributed by atoms with Gasteiger partial charge in [0, 0.05) is 25.0 Å². The highest BCUT2D eigenvalue weighted by Crippen LogP contribution is 2.26. The molecule has 1 aliphatic heterocycles. The maximum atomic E-state index is 5.32. The molecule has 1 aliphatic rings. The molecule has 0 amide bonds. The Bertz CT molecular complexity index is 354. The lowest BCUT2D eigenvalue weighted by Crippen LogP contribution is -2.27. The molecule has 1 fully saturated rings. The largest absolute Gasteiger partial charge is 0.355 e. The molecule has 0 unspecified atom stereocenters. The van der Waals surface area contributed by atoms with Crippen LogP contribution in [0.1, 0.15) is 6.42 Å². The van der Waals surface area contributed by atoms with E-state index in [1.165, 1.54) is 12.2 Å². The van der Waals surface area contributed by atoms with Crippen molar-refractivity contribution in [2.24, 2.45) is 5.84 Å². The normalized spacial score (nSPS) is 17.0. The summed E-state index contributed by atoms with van der Waals surface area (Å²) in [7, 11) is 0. The second-order valence-electron chi connectivity index (χ2n) is 3.46. The minimum Gasteiger partial charge on any atom is -0.355 e. The summed E-state index contributed by atoms with van der Waals surface area (Å²) in [5, 5.41) is 0. The highest BCUT2D eigenvalue weighted by atomic mass is 79.9. The third-order valence-corrected chi connectivity index (χ3v) is 3.98. The summed E-state index contributed by atoms with van der Waals surface area (Å²) in [6.07, 6.45) is 2.92. The Morgan fingerprint density at radius 1 is 1.44 bits per heavy atom. The number of aromatic nitrogens is 2. The van der Waals surface area contributed by atoms with Gasteiger partial charge in [-0.25, -0.2) is 10.8 Å². The first-order chi connectivity index (χ1) is 7.81. The lowest BCUT2D eigenvalue weighted by atomic mass is 10.4. The number of rotatable bonds is 2. The monoisotopic (exact) mass is 303 g/mol.